The van der Waals surface area contributed by atoms with Crippen molar-refractivity contribution in [2.24, 2.45) is 5.92 Å². The van der Waals surface area contributed by atoms with E-state index < -0.39 is 23.9 Å². The molecule has 1 saturated heterocycles. The Balaban J connectivity index is 0.000000220. The van der Waals surface area contributed by atoms with Crippen LogP contribution in [0.4, 0.5) is 43.4 Å². The Morgan fingerprint density at radius 3 is 2.23 bits per heavy atom. The first-order valence-electron chi connectivity index (χ1n) is 12.5. The first-order valence-corrected chi connectivity index (χ1v) is 12.5. The van der Waals surface area contributed by atoms with E-state index in [-0.39, 0.29) is 0 Å². The number of carbonyl (C=O) groups is 2. The number of ketones is 2. The molecule has 6 rings (SSSR count). The van der Waals surface area contributed by atoms with Crippen molar-refractivity contribution in [2.75, 3.05) is 36.4 Å². The Morgan fingerprint density at radius 2 is 1.54 bits per heavy atom. The van der Waals surface area contributed by atoms with Crippen molar-refractivity contribution in [3.8, 4) is 0 Å². The van der Waals surface area contributed by atoms with E-state index in [0.29, 0.717) is 5.92 Å². The molecule has 0 aliphatic carbocycles. The number of hydrogen-bond acceptors (Lipinski definition) is 5. The van der Waals surface area contributed by atoms with Crippen LogP contribution in [-0.2, 0) is 16.0 Å². The predicted octanol–water partition coefficient (Wildman–Crippen LogP) is 5.90. The fourth-order valence-corrected chi connectivity index (χ4v) is 5.67. The molecule has 3 aromatic rings. The van der Waals surface area contributed by atoms with Crippen molar-refractivity contribution < 1.29 is 35.9 Å². The number of carbonyl (C=O) groups excluding carboxylic acids is 2. The first kappa shape index (κ1) is 27.0. The van der Waals surface area contributed by atoms with Crippen molar-refractivity contribution in [1.29, 1.82) is 0 Å². The SMILES string of the molecule is O=C(C(=O)C(F)(F)F)C(F)(F)F.c1ccc2cc(Nc3cc4c5c(c3)[C@@H]3CNC[C@@H]3CN5CCC4)ccc2c1. The number of aryl methyl sites for hydroxylation is 1. The van der Waals surface area contributed by atoms with Crippen LogP contribution < -0.4 is 15.5 Å². The van der Waals surface area contributed by atoms with Crippen LogP contribution in [0.5, 0.6) is 0 Å². The fraction of sp³-hybridized carbons (Fsp3) is 0.357. The summed E-state index contributed by atoms with van der Waals surface area (Å²) in [5, 5.41) is 9.91. The zero-order valence-corrected chi connectivity index (χ0v) is 20.6. The second kappa shape index (κ2) is 10.2. The average molecular weight is 550 g/mol. The average Bonchev–Trinajstić information content (AvgIpc) is 3.36. The van der Waals surface area contributed by atoms with Gasteiger partial charge in [0.25, 0.3) is 0 Å². The van der Waals surface area contributed by atoms with E-state index in [2.05, 4.69) is 70.1 Å². The third-order valence-electron chi connectivity index (χ3n) is 7.36. The third-order valence-corrected chi connectivity index (χ3v) is 7.36. The minimum atomic E-state index is -5.77. The zero-order chi connectivity index (χ0) is 27.9. The molecule has 0 amide bonds. The topological polar surface area (TPSA) is 61.4 Å². The number of alkyl halides is 6. The number of nitrogens with zero attached hydrogens (tertiary/aromatic N) is 1. The van der Waals surface area contributed by atoms with Crippen molar-refractivity contribution in [2.45, 2.75) is 31.1 Å². The number of Topliss-reactive ketones (excluding diaryl/α,β-unsaturated/α-hetero) is 2. The summed E-state index contributed by atoms with van der Waals surface area (Å²) < 4.78 is 67.0. The molecule has 0 radical (unpaired) electrons. The maximum absolute atomic E-state index is 11.2. The summed E-state index contributed by atoms with van der Waals surface area (Å²) in [6.45, 7) is 4.75. The summed E-state index contributed by atoms with van der Waals surface area (Å²) in [5.74, 6) is -5.38. The van der Waals surface area contributed by atoms with Crippen molar-refractivity contribution >= 4 is 39.4 Å². The van der Waals surface area contributed by atoms with Gasteiger partial charge in [0.05, 0.1) is 0 Å². The van der Waals surface area contributed by atoms with Gasteiger partial charge in [0, 0.05) is 49.2 Å². The van der Waals surface area contributed by atoms with Crippen LogP contribution in [-0.4, -0.2) is 50.1 Å². The van der Waals surface area contributed by atoms with Gasteiger partial charge >= 0.3 is 23.9 Å². The van der Waals surface area contributed by atoms with Gasteiger partial charge < -0.3 is 15.5 Å². The summed E-state index contributed by atoms with van der Waals surface area (Å²) in [6, 6.07) is 20.0. The molecule has 0 unspecified atom stereocenters. The van der Waals surface area contributed by atoms with Crippen LogP contribution in [0.3, 0.4) is 0 Å². The number of benzene rings is 3. The van der Waals surface area contributed by atoms with Gasteiger partial charge in [0.1, 0.15) is 0 Å². The molecule has 3 aliphatic heterocycles. The number of fused-ring (bicyclic) bond motifs is 3. The smallest absolute Gasteiger partial charge is 0.371 e. The van der Waals surface area contributed by atoms with Gasteiger partial charge in [-0.3, -0.25) is 9.59 Å². The van der Waals surface area contributed by atoms with Crippen LogP contribution in [0.25, 0.3) is 10.8 Å². The molecule has 3 aliphatic rings. The van der Waals surface area contributed by atoms with Crippen LogP contribution in [0.15, 0.2) is 54.6 Å². The Hall–Kier alpha value is -3.60. The van der Waals surface area contributed by atoms with E-state index in [1.807, 2.05) is 0 Å². The number of halogens is 6. The van der Waals surface area contributed by atoms with E-state index in [9.17, 15) is 35.9 Å². The van der Waals surface area contributed by atoms with Crippen molar-refractivity contribution in [1.82, 2.24) is 5.32 Å². The lowest BCUT2D eigenvalue weighted by molar-refractivity contribution is -0.193. The molecule has 2 N–H and O–H groups in total. The van der Waals surface area contributed by atoms with Gasteiger partial charge in [0.2, 0.25) is 0 Å². The van der Waals surface area contributed by atoms with Gasteiger partial charge in [-0.15, -0.1) is 0 Å². The molecule has 2 atom stereocenters. The minimum Gasteiger partial charge on any atom is -0.371 e. The van der Waals surface area contributed by atoms with Gasteiger partial charge in [-0.1, -0.05) is 30.3 Å². The minimum absolute atomic E-state index is 0.673. The Bertz CT molecular complexity index is 1390. The van der Waals surface area contributed by atoms with Crippen LogP contribution in [0, 0.1) is 5.92 Å². The predicted molar refractivity (Wildman–Crippen MR) is 135 cm³/mol. The number of nitrogens with one attached hydrogen (secondary N) is 2. The zero-order valence-electron chi connectivity index (χ0n) is 20.6. The van der Waals surface area contributed by atoms with Gasteiger partial charge in [-0.25, -0.2) is 0 Å². The Morgan fingerprint density at radius 1 is 0.846 bits per heavy atom. The molecule has 0 bridgehead atoms. The maximum atomic E-state index is 11.2. The molecule has 0 spiro atoms. The highest BCUT2D eigenvalue weighted by molar-refractivity contribution is 6.41. The van der Waals surface area contributed by atoms with Gasteiger partial charge in [-0.05, 0) is 64.9 Å². The molecule has 11 heteroatoms. The highest BCUT2D eigenvalue weighted by Gasteiger charge is 2.54. The van der Waals surface area contributed by atoms with E-state index in [1.54, 1.807) is 11.3 Å². The van der Waals surface area contributed by atoms with Gasteiger partial charge in [-0.2, -0.15) is 26.3 Å². The molecule has 3 aromatic carbocycles. The molecule has 5 nitrogen and oxygen atoms in total. The summed E-state index contributed by atoms with van der Waals surface area (Å²) in [4.78, 5) is 21.9. The molecule has 39 heavy (non-hydrogen) atoms. The van der Waals surface area contributed by atoms with Crippen molar-refractivity contribution in [3.05, 3.63) is 65.7 Å². The quantitative estimate of drug-likeness (QED) is 0.315. The maximum Gasteiger partial charge on any atom is 0.458 e. The number of hydrogen-bond donors (Lipinski definition) is 2. The van der Waals surface area contributed by atoms with Crippen LogP contribution in [0.1, 0.15) is 23.5 Å². The molecule has 0 saturated carbocycles. The Labute approximate surface area is 220 Å². The first-order chi connectivity index (χ1) is 18.4. The second-order valence-electron chi connectivity index (χ2n) is 9.99. The molecular formula is C28H25F6N3O2. The van der Waals surface area contributed by atoms with E-state index in [4.69, 9.17) is 0 Å². The largest absolute Gasteiger partial charge is 0.458 e. The lowest BCUT2D eigenvalue weighted by Crippen LogP contribution is -2.40. The second-order valence-corrected chi connectivity index (χ2v) is 9.99. The molecule has 3 heterocycles. The standard InChI is InChI=1S/C24H25N3.C4F6O2/c1-2-5-17-10-20(8-7-16(17)4-1)26-21-11-18-6-3-9-27-15-19-13-25-14-23(19)22(12-21)24(18)27;5-3(6,7)1(11)2(12)4(8,9)10/h1-2,4-5,7-8,10-12,19,23,25-26H,3,6,9,13-15H2;/t19-,23-;/m1./s1. The van der Waals surface area contributed by atoms with Gasteiger partial charge in [0.15, 0.2) is 0 Å². The third kappa shape index (κ3) is 5.59. The lowest BCUT2D eigenvalue weighted by atomic mass is 9.80. The highest BCUT2D eigenvalue weighted by atomic mass is 19.4. The molecule has 1 fully saturated rings. The molecule has 206 valence electrons. The molecule has 0 aromatic heterocycles. The molecular weight excluding hydrogens is 524 g/mol. The van der Waals surface area contributed by atoms with Crippen LogP contribution >= 0.6 is 0 Å². The van der Waals surface area contributed by atoms with E-state index >= 15 is 0 Å². The highest BCUT2D eigenvalue weighted by Crippen LogP contribution is 2.46. The van der Waals surface area contributed by atoms with Crippen molar-refractivity contribution in [3.63, 3.8) is 0 Å². The number of anilines is 3. The summed E-state index contributed by atoms with van der Waals surface area (Å²) in [5.41, 5.74) is 7.07. The van der Waals surface area contributed by atoms with E-state index in [0.717, 1.165) is 19.0 Å². The summed E-state index contributed by atoms with van der Waals surface area (Å²) in [6.07, 6.45) is -9.06. The normalized spacial score (nSPS) is 20.0. The summed E-state index contributed by atoms with van der Waals surface area (Å²) in [7, 11) is 0. The monoisotopic (exact) mass is 549 g/mol. The van der Waals surface area contributed by atoms with E-state index in [1.165, 1.54) is 53.6 Å². The fourth-order valence-electron chi connectivity index (χ4n) is 5.67. The Kier molecular flexibility index (Phi) is 7.04. The van der Waals surface area contributed by atoms with Crippen LogP contribution in [0.2, 0.25) is 0 Å². The lowest BCUT2D eigenvalue weighted by Gasteiger charge is -2.42. The number of rotatable bonds is 3. The summed E-state index contributed by atoms with van der Waals surface area (Å²) >= 11 is 0.